The number of carbonyl (C=O) groups is 1. The molecule has 2 unspecified atom stereocenters. The predicted molar refractivity (Wildman–Crippen MR) is 50.4 cm³/mol. The quantitative estimate of drug-likeness (QED) is 0.799. The van der Waals surface area contributed by atoms with Gasteiger partial charge in [0.05, 0.1) is 6.20 Å². The molecule has 1 N–H and O–H groups in total. The van der Waals surface area contributed by atoms with E-state index in [0.29, 0.717) is 12.3 Å². The third-order valence-corrected chi connectivity index (χ3v) is 2.93. The molecule has 0 spiro atoms. The van der Waals surface area contributed by atoms with Crippen LogP contribution in [-0.2, 0) is 4.79 Å². The number of nitrogens with one attached hydrogen (secondary N) is 1. The van der Waals surface area contributed by atoms with E-state index in [1.807, 2.05) is 0 Å². The van der Waals surface area contributed by atoms with Crippen molar-refractivity contribution in [2.24, 2.45) is 11.8 Å². The maximum absolute atomic E-state index is 11.3. The normalized spacial score (nSPS) is 25.6. The molecule has 2 atom stereocenters. The maximum atomic E-state index is 11.3. The van der Waals surface area contributed by atoms with E-state index in [1.54, 1.807) is 6.20 Å². The molecule has 5 heteroatoms. The largest absolute Gasteiger partial charge is 0.315 e. The van der Waals surface area contributed by atoms with E-state index in [9.17, 15) is 4.79 Å². The molecule has 13 heavy (non-hydrogen) atoms. The molecule has 1 fully saturated rings. The maximum Gasteiger partial charge on any atom is 0.225 e. The lowest BCUT2D eigenvalue weighted by Gasteiger charge is -1.98. The highest BCUT2D eigenvalue weighted by Gasteiger charge is 2.34. The average Bonchev–Trinajstić information content (AvgIpc) is 2.61. The van der Waals surface area contributed by atoms with Crippen LogP contribution in [-0.4, -0.2) is 15.5 Å². The minimum Gasteiger partial charge on any atom is -0.315 e. The van der Waals surface area contributed by atoms with Crippen molar-refractivity contribution in [2.75, 3.05) is 5.32 Å². The van der Waals surface area contributed by atoms with Gasteiger partial charge in [-0.05, 0) is 18.3 Å². The minimum atomic E-state index is 0.0837. The molecule has 1 aromatic heterocycles. The van der Waals surface area contributed by atoms with E-state index in [-0.39, 0.29) is 5.91 Å². The summed E-state index contributed by atoms with van der Waals surface area (Å²) in [5.41, 5.74) is 0. The monoisotopic (exact) mass is 197 g/mol. The molecule has 1 aliphatic carbocycles. The van der Waals surface area contributed by atoms with Crippen molar-refractivity contribution in [3.05, 3.63) is 6.20 Å². The van der Waals surface area contributed by atoms with Crippen molar-refractivity contribution in [1.82, 2.24) is 9.59 Å². The molecule has 0 saturated heterocycles. The second kappa shape index (κ2) is 3.41. The molecular weight excluding hydrogens is 186 g/mol. The summed E-state index contributed by atoms with van der Waals surface area (Å²) in [6.07, 6.45) is 3.40. The van der Waals surface area contributed by atoms with Crippen molar-refractivity contribution in [2.45, 2.75) is 19.8 Å². The van der Waals surface area contributed by atoms with E-state index in [4.69, 9.17) is 0 Å². The van der Waals surface area contributed by atoms with Gasteiger partial charge in [0.2, 0.25) is 5.91 Å². The Morgan fingerprint density at radius 3 is 3.15 bits per heavy atom. The van der Waals surface area contributed by atoms with Gasteiger partial charge < -0.3 is 5.32 Å². The fourth-order valence-electron chi connectivity index (χ4n) is 1.33. The lowest BCUT2D eigenvalue weighted by Crippen LogP contribution is -2.11. The summed E-state index contributed by atoms with van der Waals surface area (Å²) in [6.45, 7) is 2.17. The number of carbonyl (C=O) groups excluding carboxylic acids is 1. The Kier molecular flexibility index (Phi) is 2.26. The lowest BCUT2D eigenvalue weighted by atomic mass is 10.2. The Morgan fingerprint density at radius 1 is 1.85 bits per heavy atom. The number of amides is 1. The molecule has 0 aliphatic heterocycles. The van der Waals surface area contributed by atoms with Gasteiger partial charge in [-0.3, -0.25) is 4.79 Å². The molecule has 1 saturated carbocycles. The fourth-order valence-corrected chi connectivity index (χ4v) is 1.77. The smallest absolute Gasteiger partial charge is 0.225 e. The van der Waals surface area contributed by atoms with Crippen molar-refractivity contribution >= 4 is 22.4 Å². The fraction of sp³-hybridized carbons (Fsp3) is 0.625. The molecule has 70 valence electrons. The molecule has 1 amide bonds. The first-order chi connectivity index (χ1) is 6.25. The van der Waals surface area contributed by atoms with Gasteiger partial charge in [0.15, 0.2) is 0 Å². The van der Waals surface area contributed by atoms with Gasteiger partial charge in [-0.2, -0.15) is 0 Å². The van der Waals surface area contributed by atoms with E-state index < -0.39 is 0 Å². The van der Waals surface area contributed by atoms with Crippen LogP contribution in [0, 0.1) is 11.8 Å². The number of aromatic nitrogens is 2. The van der Waals surface area contributed by atoms with Gasteiger partial charge in [-0.15, -0.1) is 5.10 Å². The second-order valence-corrected chi connectivity index (χ2v) is 4.29. The molecule has 4 nitrogen and oxygen atoms in total. The summed E-state index contributed by atoms with van der Waals surface area (Å²) in [6, 6.07) is 0. The Hall–Kier alpha value is -0.970. The topological polar surface area (TPSA) is 54.9 Å². The van der Waals surface area contributed by atoms with Crippen molar-refractivity contribution < 1.29 is 4.79 Å². The first kappa shape index (κ1) is 8.62. The predicted octanol–water partition coefficient (Wildman–Crippen LogP) is 1.52. The molecule has 2 rings (SSSR count). The number of hydrogen-bond donors (Lipinski definition) is 1. The van der Waals surface area contributed by atoms with Crippen LogP contribution in [0.3, 0.4) is 0 Å². The van der Waals surface area contributed by atoms with Crippen molar-refractivity contribution in [3.8, 4) is 0 Å². The summed E-state index contributed by atoms with van der Waals surface area (Å²) < 4.78 is 3.66. The SMILES string of the molecule is CC1CC1CC(=O)Nc1cnns1. The molecular formula is C8H11N3OS. The summed E-state index contributed by atoms with van der Waals surface area (Å²) in [7, 11) is 0. The molecule has 1 aromatic rings. The molecule has 1 aliphatic rings. The second-order valence-electron chi connectivity index (χ2n) is 3.51. The van der Waals surface area contributed by atoms with Crippen LogP contribution in [0.1, 0.15) is 19.8 Å². The average molecular weight is 197 g/mol. The minimum absolute atomic E-state index is 0.0837. The summed E-state index contributed by atoms with van der Waals surface area (Å²) in [5, 5.41) is 7.14. The van der Waals surface area contributed by atoms with Crippen molar-refractivity contribution in [1.29, 1.82) is 0 Å². The van der Waals surface area contributed by atoms with Crippen LogP contribution in [0.25, 0.3) is 0 Å². The van der Waals surface area contributed by atoms with Crippen LogP contribution >= 0.6 is 11.5 Å². The standard InChI is InChI=1S/C8H11N3OS/c1-5-2-6(5)3-7(12)10-8-4-9-11-13-8/h4-6H,2-3H2,1H3,(H,10,12). The van der Waals surface area contributed by atoms with Crippen LogP contribution in [0.2, 0.25) is 0 Å². The highest BCUT2D eigenvalue weighted by atomic mass is 32.1. The first-order valence-corrected chi connectivity index (χ1v) is 5.10. The number of anilines is 1. The zero-order chi connectivity index (χ0) is 9.26. The van der Waals surface area contributed by atoms with Gasteiger partial charge >= 0.3 is 0 Å². The van der Waals surface area contributed by atoms with Crippen LogP contribution in [0.15, 0.2) is 6.20 Å². The highest BCUT2D eigenvalue weighted by molar-refractivity contribution is 7.10. The Labute approximate surface area is 80.5 Å². The Balaban J connectivity index is 1.79. The van der Waals surface area contributed by atoms with Gasteiger partial charge in [-0.1, -0.05) is 11.4 Å². The van der Waals surface area contributed by atoms with Crippen LogP contribution in [0.5, 0.6) is 0 Å². The van der Waals surface area contributed by atoms with Crippen LogP contribution < -0.4 is 5.32 Å². The van der Waals surface area contributed by atoms with Gasteiger partial charge in [0.1, 0.15) is 5.00 Å². The number of hydrogen-bond acceptors (Lipinski definition) is 4. The summed E-state index contributed by atoms with van der Waals surface area (Å²) >= 11 is 1.21. The molecule has 0 aromatic carbocycles. The third-order valence-electron chi connectivity index (χ3n) is 2.35. The molecule has 1 heterocycles. The Morgan fingerprint density at radius 2 is 2.62 bits per heavy atom. The van der Waals surface area contributed by atoms with E-state index in [0.717, 1.165) is 10.9 Å². The highest BCUT2D eigenvalue weighted by Crippen LogP contribution is 2.40. The number of nitrogens with zero attached hydrogens (tertiary/aromatic N) is 2. The van der Waals surface area contributed by atoms with Gasteiger partial charge in [0, 0.05) is 18.0 Å². The zero-order valence-electron chi connectivity index (χ0n) is 7.36. The van der Waals surface area contributed by atoms with Gasteiger partial charge in [0.25, 0.3) is 0 Å². The van der Waals surface area contributed by atoms with E-state index in [1.165, 1.54) is 18.0 Å². The van der Waals surface area contributed by atoms with Crippen LogP contribution in [0.4, 0.5) is 5.00 Å². The third kappa shape index (κ3) is 2.24. The van der Waals surface area contributed by atoms with Crippen molar-refractivity contribution in [3.63, 3.8) is 0 Å². The first-order valence-electron chi connectivity index (χ1n) is 4.33. The summed E-state index contributed by atoms with van der Waals surface area (Å²) in [4.78, 5) is 11.3. The Bertz CT molecular complexity index is 298. The lowest BCUT2D eigenvalue weighted by molar-refractivity contribution is -0.116. The molecule has 0 bridgehead atoms. The number of rotatable bonds is 3. The molecule has 0 radical (unpaired) electrons. The van der Waals surface area contributed by atoms with E-state index >= 15 is 0 Å². The van der Waals surface area contributed by atoms with E-state index in [2.05, 4.69) is 21.8 Å². The summed E-state index contributed by atoms with van der Waals surface area (Å²) in [5.74, 6) is 1.41. The van der Waals surface area contributed by atoms with Gasteiger partial charge in [-0.25, -0.2) is 0 Å². The zero-order valence-corrected chi connectivity index (χ0v) is 8.17.